The number of ether oxygens (including phenoxy) is 2. The molecule has 202 valence electrons. The molecular formula is C30H28N6O4. The lowest BCUT2D eigenvalue weighted by atomic mass is 10.1. The van der Waals surface area contributed by atoms with Crippen LogP contribution >= 0.6 is 0 Å². The van der Waals surface area contributed by atoms with Gasteiger partial charge in [-0.1, -0.05) is 12.1 Å². The number of imidazole rings is 1. The second-order valence-electron chi connectivity index (χ2n) is 8.75. The summed E-state index contributed by atoms with van der Waals surface area (Å²) in [6, 6.07) is 19.5. The number of hydrogen-bond acceptors (Lipinski definition) is 7. The van der Waals surface area contributed by atoms with Crippen molar-refractivity contribution in [2.45, 2.75) is 6.92 Å². The molecule has 0 aliphatic rings. The number of carbonyl (C=O) groups excluding carboxylic acids is 2. The van der Waals surface area contributed by atoms with E-state index in [1.54, 1.807) is 56.8 Å². The molecule has 2 amide bonds. The van der Waals surface area contributed by atoms with Crippen LogP contribution in [0.3, 0.4) is 0 Å². The number of rotatable bonds is 9. The fourth-order valence-electron chi connectivity index (χ4n) is 4.18. The molecule has 0 fully saturated rings. The fourth-order valence-corrected chi connectivity index (χ4v) is 4.18. The molecule has 0 radical (unpaired) electrons. The van der Waals surface area contributed by atoms with Crippen LogP contribution in [0.25, 0.3) is 16.9 Å². The first-order valence-electron chi connectivity index (χ1n) is 12.6. The lowest BCUT2D eigenvalue weighted by molar-refractivity contribution is 0.0962. The van der Waals surface area contributed by atoms with Crippen molar-refractivity contribution in [3.63, 3.8) is 0 Å². The monoisotopic (exact) mass is 536 g/mol. The van der Waals surface area contributed by atoms with Gasteiger partial charge < -0.3 is 29.8 Å². The van der Waals surface area contributed by atoms with E-state index in [1.807, 2.05) is 54.0 Å². The van der Waals surface area contributed by atoms with Crippen LogP contribution in [0.15, 0.2) is 85.3 Å². The zero-order valence-electron chi connectivity index (χ0n) is 22.3. The third-order valence-corrected chi connectivity index (χ3v) is 6.15. The van der Waals surface area contributed by atoms with E-state index >= 15 is 0 Å². The molecule has 0 bridgehead atoms. The van der Waals surface area contributed by atoms with Crippen molar-refractivity contribution < 1.29 is 19.1 Å². The average molecular weight is 537 g/mol. The molecule has 0 atom stereocenters. The van der Waals surface area contributed by atoms with Crippen molar-refractivity contribution in [3.8, 4) is 22.8 Å². The first-order chi connectivity index (χ1) is 19.5. The predicted molar refractivity (Wildman–Crippen MR) is 154 cm³/mol. The van der Waals surface area contributed by atoms with Crippen molar-refractivity contribution in [1.29, 1.82) is 0 Å². The van der Waals surface area contributed by atoms with Crippen LogP contribution in [0.1, 0.15) is 27.6 Å². The molecule has 0 unspecified atom stereocenters. The van der Waals surface area contributed by atoms with E-state index in [1.165, 1.54) is 0 Å². The molecule has 5 rings (SSSR count). The summed E-state index contributed by atoms with van der Waals surface area (Å²) in [5.41, 5.74) is 4.36. The molecule has 3 aromatic carbocycles. The quantitative estimate of drug-likeness (QED) is 0.238. The van der Waals surface area contributed by atoms with Crippen LogP contribution in [0.5, 0.6) is 11.5 Å². The number of benzene rings is 3. The first-order valence-corrected chi connectivity index (χ1v) is 12.6. The third-order valence-electron chi connectivity index (χ3n) is 6.15. The van der Waals surface area contributed by atoms with E-state index in [0.29, 0.717) is 52.1 Å². The Morgan fingerprint density at radius 3 is 2.48 bits per heavy atom. The highest BCUT2D eigenvalue weighted by molar-refractivity contribution is 6.05. The number of aromatic nitrogens is 3. The summed E-state index contributed by atoms with van der Waals surface area (Å²) >= 11 is 0. The van der Waals surface area contributed by atoms with Crippen LogP contribution < -0.4 is 25.4 Å². The number of fused-ring (bicyclic) bond motifs is 1. The Kier molecular flexibility index (Phi) is 7.58. The zero-order valence-corrected chi connectivity index (χ0v) is 22.3. The molecular weight excluding hydrogens is 508 g/mol. The average Bonchev–Trinajstić information content (AvgIpc) is 3.47. The number of methoxy groups -OCH3 is 1. The van der Waals surface area contributed by atoms with Crippen LogP contribution in [0.4, 0.5) is 17.2 Å². The lowest BCUT2D eigenvalue weighted by Gasteiger charge is -2.13. The van der Waals surface area contributed by atoms with Gasteiger partial charge in [-0.3, -0.25) is 9.59 Å². The molecule has 10 nitrogen and oxygen atoms in total. The Bertz CT molecular complexity index is 1680. The summed E-state index contributed by atoms with van der Waals surface area (Å²) in [6.45, 7) is 2.45. The maximum Gasteiger partial charge on any atom is 0.255 e. The second kappa shape index (κ2) is 11.6. The Hall–Kier alpha value is -5.38. The Labute approximate surface area is 231 Å². The van der Waals surface area contributed by atoms with Gasteiger partial charge in [0.1, 0.15) is 0 Å². The molecule has 0 saturated heterocycles. The van der Waals surface area contributed by atoms with Gasteiger partial charge in [-0.15, -0.1) is 0 Å². The van der Waals surface area contributed by atoms with Gasteiger partial charge in [-0.25, -0.2) is 9.97 Å². The van der Waals surface area contributed by atoms with E-state index in [-0.39, 0.29) is 11.8 Å². The van der Waals surface area contributed by atoms with Gasteiger partial charge >= 0.3 is 0 Å². The van der Waals surface area contributed by atoms with Gasteiger partial charge in [0, 0.05) is 59.8 Å². The smallest absolute Gasteiger partial charge is 0.255 e. The highest BCUT2D eigenvalue weighted by Gasteiger charge is 2.14. The van der Waals surface area contributed by atoms with E-state index in [0.717, 1.165) is 11.3 Å². The maximum atomic E-state index is 13.0. The molecule has 0 aliphatic heterocycles. The third kappa shape index (κ3) is 5.56. The summed E-state index contributed by atoms with van der Waals surface area (Å²) in [6.07, 6.45) is 5.40. The second-order valence-corrected chi connectivity index (χ2v) is 8.75. The standard InChI is InChI=1S/C30H28N6O4/c1-4-40-25-13-12-23(17-26(25)39-3)33-27-28-32-14-15-36(28)18-24(35-27)20-6-5-7-21(16-20)30(38)34-22-10-8-19(9-11-22)29(37)31-2/h5-18H,4H2,1-3H3,(H,31,37)(H,33,35)(H,34,38). The molecule has 3 N–H and O–H groups in total. The van der Waals surface area contributed by atoms with Crippen LogP contribution in [-0.4, -0.2) is 46.9 Å². The van der Waals surface area contributed by atoms with Crippen LogP contribution in [0.2, 0.25) is 0 Å². The zero-order chi connectivity index (χ0) is 28.1. The molecule has 10 heteroatoms. The topological polar surface area (TPSA) is 119 Å². The van der Waals surface area contributed by atoms with Crippen molar-refractivity contribution >= 4 is 34.7 Å². The minimum absolute atomic E-state index is 0.191. The number of nitrogens with one attached hydrogen (secondary N) is 3. The summed E-state index contributed by atoms with van der Waals surface area (Å²) < 4.78 is 13.0. The van der Waals surface area contributed by atoms with Gasteiger partial charge in [-0.2, -0.15) is 0 Å². The highest BCUT2D eigenvalue weighted by atomic mass is 16.5. The molecule has 2 heterocycles. The number of hydrogen-bond donors (Lipinski definition) is 3. The first kappa shape index (κ1) is 26.2. The number of amides is 2. The van der Waals surface area contributed by atoms with E-state index in [2.05, 4.69) is 20.9 Å². The van der Waals surface area contributed by atoms with Gasteiger partial charge in [0.2, 0.25) is 0 Å². The molecule has 2 aromatic heterocycles. The van der Waals surface area contributed by atoms with Crippen molar-refractivity contribution in [2.24, 2.45) is 0 Å². The molecule has 0 aliphatic carbocycles. The van der Waals surface area contributed by atoms with Crippen molar-refractivity contribution in [1.82, 2.24) is 19.7 Å². The van der Waals surface area contributed by atoms with Crippen LogP contribution in [0, 0.1) is 0 Å². The molecule has 0 saturated carbocycles. The normalized spacial score (nSPS) is 10.7. The minimum atomic E-state index is -0.280. The lowest BCUT2D eigenvalue weighted by Crippen LogP contribution is -2.17. The van der Waals surface area contributed by atoms with E-state index in [9.17, 15) is 9.59 Å². The largest absolute Gasteiger partial charge is 0.493 e. The van der Waals surface area contributed by atoms with Crippen molar-refractivity contribution in [3.05, 3.63) is 96.4 Å². The fraction of sp³-hybridized carbons (Fsp3) is 0.133. The minimum Gasteiger partial charge on any atom is -0.493 e. The number of anilines is 3. The summed E-state index contributed by atoms with van der Waals surface area (Å²) in [4.78, 5) is 34.1. The van der Waals surface area contributed by atoms with Gasteiger partial charge in [0.25, 0.3) is 11.8 Å². The van der Waals surface area contributed by atoms with Gasteiger partial charge in [-0.05, 0) is 55.5 Å². The van der Waals surface area contributed by atoms with Crippen molar-refractivity contribution in [2.75, 3.05) is 31.4 Å². The Morgan fingerprint density at radius 1 is 0.925 bits per heavy atom. The van der Waals surface area contributed by atoms with E-state index in [4.69, 9.17) is 14.5 Å². The molecule has 40 heavy (non-hydrogen) atoms. The number of carbonyl (C=O) groups is 2. The highest BCUT2D eigenvalue weighted by Crippen LogP contribution is 2.32. The van der Waals surface area contributed by atoms with Gasteiger partial charge in [0.05, 0.1) is 19.4 Å². The number of nitrogens with zero attached hydrogens (tertiary/aromatic N) is 3. The Morgan fingerprint density at radius 2 is 1.73 bits per heavy atom. The maximum absolute atomic E-state index is 13.0. The summed E-state index contributed by atoms with van der Waals surface area (Å²) in [5.74, 6) is 1.33. The molecule has 0 spiro atoms. The predicted octanol–water partition coefficient (Wildman–Crippen LogP) is 5.16. The summed E-state index contributed by atoms with van der Waals surface area (Å²) in [7, 11) is 3.16. The van der Waals surface area contributed by atoms with Gasteiger partial charge in [0.15, 0.2) is 23.0 Å². The van der Waals surface area contributed by atoms with E-state index < -0.39 is 0 Å². The van der Waals surface area contributed by atoms with Crippen LogP contribution in [-0.2, 0) is 0 Å². The SMILES string of the molecule is CCOc1ccc(Nc2nc(-c3cccc(C(=O)Nc4ccc(C(=O)NC)cc4)c3)cn3ccnc23)cc1OC. The summed E-state index contributed by atoms with van der Waals surface area (Å²) in [5, 5.41) is 8.79. The Balaban J connectivity index is 1.41. The molecule has 5 aromatic rings.